The number of hydrogen-bond acceptors (Lipinski definition) is 8. The number of ether oxygens (including phenoxy) is 1. The zero-order chi connectivity index (χ0) is 24.9. The van der Waals surface area contributed by atoms with Crippen LogP contribution in [-0.2, 0) is 15.0 Å². The third-order valence-electron chi connectivity index (χ3n) is 6.63. The summed E-state index contributed by atoms with van der Waals surface area (Å²) in [6.07, 6.45) is 1.02. The van der Waals surface area contributed by atoms with E-state index in [1.54, 1.807) is 37.3 Å². The summed E-state index contributed by atoms with van der Waals surface area (Å²) in [5.74, 6) is -0.656. The van der Waals surface area contributed by atoms with Crippen LogP contribution in [0.2, 0.25) is 0 Å². The molecule has 10 heteroatoms. The summed E-state index contributed by atoms with van der Waals surface area (Å²) < 4.78 is 5.42. The van der Waals surface area contributed by atoms with Crippen LogP contribution in [0.15, 0.2) is 65.1 Å². The summed E-state index contributed by atoms with van der Waals surface area (Å²) >= 11 is 0. The second-order valence-corrected chi connectivity index (χ2v) is 8.40. The molecule has 1 aliphatic carbocycles. The first-order valence-electron chi connectivity index (χ1n) is 11.2. The Labute approximate surface area is 200 Å². The quantitative estimate of drug-likeness (QED) is 0.508. The van der Waals surface area contributed by atoms with E-state index in [-0.39, 0.29) is 40.5 Å². The lowest BCUT2D eigenvalue weighted by molar-refractivity contribution is -0.384. The maximum Gasteiger partial charge on any atom is 0.296 e. The first kappa shape index (κ1) is 22.2. The monoisotopic (exact) mass is 471 g/mol. The Hall–Kier alpha value is -4.65. The number of allylic oxidation sites excluding steroid dienone is 1. The summed E-state index contributed by atoms with van der Waals surface area (Å²) in [4.78, 5) is 39.9. The lowest BCUT2D eigenvalue weighted by Gasteiger charge is -2.43. The molecule has 3 aliphatic rings. The number of nitrogens with two attached hydrogens (primary N) is 1. The largest absolute Gasteiger partial charge is 0.494 e. The molecule has 3 N–H and O–H groups in total. The van der Waals surface area contributed by atoms with E-state index in [4.69, 9.17) is 10.5 Å². The number of ketones is 1. The average Bonchev–Trinajstić information content (AvgIpc) is 3.12. The van der Waals surface area contributed by atoms with Crippen molar-refractivity contribution >= 4 is 28.8 Å². The Morgan fingerprint density at radius 3 is 2.74 bits per heavy atom. The van der Waals surface area contributed by atoms with Crippen LogP contribution in [0.3, 0.4) is 0 Å². The van der Waals surface area contributed by atoms with Crippen LogP contribution in [0.5, 0.6) is 5.75 Å². The number of nitrogens with zero attached hydrogens (tertiary/aromatic N) is 3. The molecule has 0 bridgehead atoms. The molecule has 1 spiro atoms. The zero-order valence-electron chi connectivity index (χ0n) is 18.8. The molecule has 2 heterocycles. The van der Waals surface area contributed by atoms with E-state index in [0.717, 1.165) is 0 Å². The number of Topliss-reactive ketones (excluding diaryl/α,β-unsaturated/α-hetero) is 1. The Bertz CT molecular complexity index is 1420. The van der Waals surface area contributed by atoms with Crippen LogP contribution in [0.4, 0.5) is 17.1 Å². The number of nitro groups is 1. The fourth-order valence-electron chi connectivity index (χ4n) is 5.32. The van der Waals surface area contributed by atoms with Crippen molar-refractivity contribution in [2.75, 3.05) is 16.8 Å². The highest BCUT2D eigenvalue weighted by Gasteiger charge is 2.60. The van der Waals surface area contributed by atoms with Gasteiger partial charge in [0.05, 0.1) is 23.2 Å². The maximum atomic E-state index is 13.6. The van der Waals surface area contributed by atoms with Crippen molar-refractivity contribution in [3.8, 4) is 11.8 Å². The second kappa shape index (κ2) is 7.99. The Kier molecular flexibility index (Phi) is 5.06. The molecule has 5 rings (SSSR count). The number of benzene rings is 2. The topological polar surface area (TPSA) is 152 Å². The Morgan fingerprint density at radius 2 is 2.03 bits per heavy atom. The molecule has 1 unspecified atom stereocenters. The summed E-state index contributed by atoms with van der Waals surface area (Å²) in [6.45, 7) is 2.08. The standard InChI is InChI=1S/C25H21N5O5/c1-2-35-14-10-11-18(20(12-14)30(33)34)29-19-8-5-9-21(31)22(19)25(16(13-26)23(29)27)15-6-3-4-7-17(15)28-24(25)32/h3-4,6-7,10-12H,2,5,8-9,27H2,1H3,(H,28,32). The van der Waals surface area contributed by atoms with Gasteiger partial charge >= 0.3 is 0 Å². The Morgan fingerprint density at radius 1 is 1.26 bits per heavy atom. The second-order valence-electron chi connectivity index (χ2n) is 8.40. The van der Waals surface area contributed by atoms with Gasteiger partial charge in [-0.25, -0.2) is 0 Å². The molecule has 2 aliphatic heterocycles. The van der Waals surface area contributed by atoms with Gasteiger partial charge in [-0.05, 0) is 38.0 Å². The first-order valence-corrected chi connectivity index (χ1v) is 11.2. The highest BCUT2D eigenvalue weighted by molar-refractivity contribution is 6.19. The van der Waals surface area contributed by atoms with E-state index < -0.39 is 16.2 Å². The fourth-order valence-corrected chi connectivity index (χ4v) is 5.32. The molecule has 0 saturated carbocycles. The van der Waals surface area contributed by atoms with Crippen molar-refractivity contribution in [3.05, 3.63) is 80.8 Å². The normalized spacial score (nSPS) is 21.0. The number of anilines is 2. The molecule has 2 aromatic rings. The van der Waals surface area contributed by atoms with Crippen LogP contribution < -0.4 is 20.7 Å². The van der Waals surface area contributed by atoms with Gasteiger partial charge in [0.25, 0.3) is 5.69 Å². The molecule has 10 nitrogen and oxygen atoms in total. The third kappa shape index (κ3) is 2.94. The molecule has 176 valence electrons. The average molecular weight is 471 g/mol. The molecular weight excluding hydrogens is 450 g/mol. The number of hydrogen-bond donors (Lipinski definition) is 2. The SMILES string of the molecule is CCOc1ccc(N2C(N)=C(C#N)C3(C(=O)Nc4ccccc43)C3=C2CCCC3=O)c([N+](=O)[O-])c1. The molecule has 0 radical (unpaired) electrons. The van der Waals surface area contributed by atoms with Crippen molar-refractivity contribution in [2.45, 2.75) is 31.6 Å². The third-order valence-corrected chi connectivity index (χ3v) is 6.63. The number of amides is 1. The molecule has 0 saturated heterocycles. The highest BCUT2D eigenvalue weighted by Crippen LogP contribution is 2.55. The number of carbonyl (C=O) groups is 2. The predicted molar refractivity (Wildman–Crippen MR) is 126 cm³/mol. The van der Waals surface area contributed by atoms with E-state index in [1.165, 1.54) is 17.0 Å². The van der Waals surface area contributed by atoms with Gasteiger partial charge in [-0.2, -0.15) is 5.26 Å². The minimum Gasteiger partial charge on any atom is -0.494 e. The number of rotatable bonds is 4. The summed E-state index contributed by atoms with van der Waals surface area (Å²) in [6, 6.07) is 13.3. The highest BCUT2D eigenvalue weighted by atomic mass is 16.6. The summed E-state index contributed by atoms with van der Waals surface area (Å²) in [7, 11) is 0. The predicted octanol–water partition coefficient (Wildman–Crippen LogP) is 3.40. The van der Waals surface area contributed by atoms with Crippen molar-refractivity contribution in [1.29, 1.82) is 5.26 Å². The first-order chi connectivity index (χ1) is 16.9. The molecular formula is C25H21N5O5. The lowest BCUT2D eigenvalue weighted by atomic mass is 9.64. The van der Waals surface area contributed by atoms with Gasteiger partial charge in [0.1, 0.15) is 28.7 Å². The van der Waals surface area contributed by atoms with Gasteiger partial charge in [-0.3, -0.25) is 24.6 Å². The minimum absolute atomic E-state index is 0.0902. The van der Waals surface area contributed by atoms with Gasteiger partial charge in [-0.15, -0.1) is 0 Å². The van der Waals surface area contributed by atoms with E-state index >= 15 is 0 Å². The molecule has 0 aromatic heterocycles. The van der Waals surface area contributed by atoms with Crippen LogP contribution in [-0.4, -0.2) is 23.2 Å². The molecule has 0 fully saturated rings. The number of para-hydroxylation sites is 1. The number of nitro benzene ring substituents is 1. The number of nitrogens with one attached hydrogen (secondary N) is 1. The zero-order valence-corrected chi connectivity index (χ0v) is 18.8. The Balaban J connectivity index is 1.85. The van der Waals surface area contributed by atoms with Crippen LogP contribution >= 0.6 is 0 Å². The van der Waals surface area contributed by atoms with E-state index in [9.17, 15) is 25.0 Å². The van der Waals surface area contributed by atoms with Crippen molar-refractivity contribution < 1.29 is 19.2 Å². The van der Waals surface area contributed by atoms with Gasteiger partial charge < -0.3 is 15.8 Å². The fraction of sp³-hybridized carbons (Fsp3) is 0.240. The van der Waals surface area contributed by atoms with E-state index in [0.29, 0.717) is 42.1 Å². The summed E-state index contributed by atoms with van der Waals surface area (Å²) in [5.41, 5.74) is 5.98. The van der Waals surface area contributed by atoms with E-state index in [1.807, 2.05) is 0 Å². The summed E-state index contributed by atoms with van der Waals surface area (Å²) in [5, 5.41) is 25.1. The van der Waals surface area contributed by atoms with Gasteiger partial charge in [0.2, 0.25) is 5.91 Å². The molecule has 2 aromatic carbocycles. The van der Waals surface area contributed by atoms with Gasteiger partial charge in [-0.1, -0.05) is 18.2 Å². The number of nitriles is 1. The lowest BCUT2D eigenvalue weighted by Crippen LogP contribution is -2.50. The number of fused-ring (bicyclic) bond motifs is 3. The van der Waals surface area contributed by atoms with Crippen LogP contribution in [0.25, 0.3) is 0 Å². The molecule has 1 atom stereocenters. The van der Waals surface area contributed by atoms with Crippen molar-refractivity contribution in [1.82, 2.24) is 0 Å². The number of carbonyl (C=O) groups excluding carboxylic acids is 2. The minimum atomic E-state index is -1.71. The van der Waals surface area contributed by atoms with Gasteiger partial charge in [0, 0.05) is 28.9 Å². The van der Waals surface area contributed by atoms with Gasteiger partial charge in [0.15, 0.2) is 5.78 Å². The van der Waals surface area contributed by atoms with Crippen LogP contribution in [0, 0.1) is 21.4 Å². The van der Waals surface area contributed by atoms with Crippen LogP contribution in [0.1, 0.15) is 31.7 Å². The molecule has 35 heavy (non-hydrogen) atoms. The van der Waals surface area contributed by atoms with Crippen molar-refractivity contribution in [2.24, 2.45) is 5.73 Å². The molecule has 1 amide bonds. The maximum absolute atomic E-state index is 13.6. The van der Waals surface area contributed by atoms with E-state index in [2.05, 4.69) is 11.4 Å². The smallest absolute Gasteiger partial charge is 0.296 e. The van der Waals surface area contributed by atoms with Crippen molar-refractivity contribution in [3.63, 3.8) is 0 Å².